The summed E-state index contributed by atoms with van der Waals surface area (Å²) in [5, 5.41) is 0.238. The van der Waals surface area contributed by atoms with Crippen LogP contribution in [-0.4, -0.2) is 9.97 Å². The summed E-state index contributed by atoms with van der Waals surface area (Å²) in [5.74, 6) is -0.205. The highest BCUT2D eigenvalue weighted by Crippen LogP contribution is 2.26. The minimum absolute atomic E-state index is 0.0815. The standard InChI is InChI=1S/C10H5BrClFN2O/c11-6-1-2-8(7(13)3-6)16-10-4-9(12)14-5-15-10/h1-5H. The number of rotatable bonds is 2. The van der Waals surface area contributed by atoms with Gasteiger partial charge < -0.3 is 4.74 Å². The topological polar surface area (TPSA) is 35.0 Å². The third-order valence-electron chi connectivity index (χ3n) is 1.72. The molecule has 0 spiro atoms. The van der Waals surface area contributed by atoms with Crippen LogP contribution in [0.2, 0.25) is 5.15 Å². The van der Waals surface area contributed by atoms with Crippen molar-refractivity contribution in [2.75, 3.05) is 0 Å². The average molecular weight is 304 g/mol. The molecule has 0 amide bonds. The quantitative estimate of drug-likeness (QED) is 0.791. The fraction of sp³-hybridized carbons (Fsp3) is 0. The van der Waals surface area contributed by atoms with E-state index in [9.17, 15) is 4.39 Å². The van der Waals surface area contributed by atoms with Gasteiger partial charge in [-0.3, -0.25) is 0 Å². The van der Waals surface area contributed by atoms with Crippen molar-refractivity contribution in [2.45, 2.75) is 0 Å². The summed E-state index contributed by atoms with van der Waals surface area (Å²) < 4.78 is 19.3. The van der Waals surface area contributed by atoms with E-state index in [0.29, 0.717) is 4.47 Å². The van der Waals surface area contributed by atoms with Crippen molar-refractivity contribution in [3.05, 3.63) is 46.0 Å². The van der Waals surface area contributed by atoms with Crippen LogP contribution < -0.4 is 4.74 Å². The maximum absolute atomic E-state index is 13.4. The third kappa shape index (κ3) is 2.68. The number of ether oxygens (including phenoxy) is 1. The number of hydrogen-bond donors (Lipinski definition) is 0. The van der Waals surface area contributed by atoms with Gasteiger partial charge in [0, 0.05) is 10.5 Å². The van der Waals surface area contributed by atoms with Crippen LogP contribution in [0.5, 0.6) is 11.6 Å². The van der Waals surface area contributed by atoms with Crippen LogP contribution in [0.4, 0.5) is 4.39 Å². The van der Waals surface area contributed by atoms with Gasteiger partial charge in [0.25, 0.3) is 0 Å². The molecule has 1 aromatic carbocycles. The number of benzene rings is 1. The van der Waals surface area contributed by atoms with E-state index in [-0.39, 0.29) is 16.8 Å². The molecule has 0 bridgehead atoms. The van der Waals surface area contributed by atoms with E-state index in [4.69, 9.17) is 16.3 Å². The Bertz CT molecular complexity index is 524. The van der Waals surface area contributed by atoms with Gasteiger partial charge in [0.1, 0.15) is 11.5 Å². The van der Waals surface area contributed by atoms with Crippen LogP contribution in [-0.2, 0) is 0 Å². The number of nitrogens with zero attached hydrogens (tertiary/aromatic N) is 2. The minimum atomic E-state index is -0.482. The van der Waals surface area contributed by atoms with Crippen LogP contribution in [0.1, 0.15) is 0 Å². The molecule has 2 aromatic rings. The zero-order chi connectivity index (χ0) is 11.5. The maximum Gasteiger partial charge on any atom is 0.223 e. The van der Waals surface area contributed by atoms with E-state index in [0.717, 1.165) is 0 Å². The fourth-order valence-corrected chi connectivity index (χ4v) is 1.51. The molecule has 0 unspecified atom stereocenters. The van der Waals surface area contributed by atoms with Crippen molar-refractivity contribution in [1.82, 2.24) is 9.97 Å². The molecule has 0 N–H and O–H groups in total. The van der Waals surface area contributed by atoms with Gasteiger partial charge >= 0.3 is 0 Å². The first kappa shape index (κ1) is 11.3. The van der Waals surface area contributed by atoms with Gasteiger partial charge in [-0.15, -0.1) is 0 Å². The van der Waals surface area contributed by atoms with Crippen molar-refractivity contribution in [2.24, 2.45) is 0 Å². The molecule has 1 heterocycles. The molecule has 0 radical (unpaired) electrons. The Morgan fingerprint density at radius 1 is 1.25 bits per heavy atom. The molecule has 3 nitrogen and oxygen atoms in total. The second-order valence-corrected chi connectivity index (χ2v) is 4.16. The second-order valence-electron chi connectivity index (χ2n) is 2.86. The largest absolute Gasteiger partial charge is 0.436 e. The monoisotopic (exact) mass is 302 g/mol. The Balaban J connectivity index is 2.27. The smallest absolute Gasteiger partial charge is 0.223 e. The van der Waals surface area contributed by atoms with Gasteiger partial charge in [0.05, 0.1) is 0 Å². The molecule has 1 aromatic heterocycles. The molecule has 0 saturated heterocycles. The van der Waals surface area contributed by atoms with E-state index in [1.807, 2.05) is 0 Å². The molecular weight excluding hydrogens is 298 g/mol. The molecule has 0 aliphatic rings. The van der Waals surface area contributed by atoms with Crippen LogP contribution >= 0.6 is 27.5 Å². The van der Waals surface area contributed by atoms with Crippen LogP contribution in [0.25, 0.3) is 0 Å². The van der Waals surface area contributed by atoms with E-state index < -0.39 is 5.82 Å². The predicted octanol–water partition coefficient (Wildman–Crippen LogP) is 3.82. The number of hydrogen-bond acceptors (Lipinski definition) is 3. The lowest BCUT2D eigenvalue weighted by Gasteiger charge is -2.05. The van der Waals surface area contributed by atoms with Gasteiger partial charge in [-0.1, -0.05) is 27.5 Å². The summed E-state index contributed by atoms with van der Waals surface area (Å²) in [7, 11) is 0. The molecule has 0 saturated carbocycles. The first-order chi connectivity index (χ1) is 7.65. The first-order valence-corrected chi connectivity index (χ1v) is 5.43. The van der Waals surface area contributed by atoms with Gasteiger partial charge in [0.15, 0.2) is 11.6 Å². The van der Waals surface area contributed by atoms with Crippen LogP contribution in [0.3, 0.4) is 0 Å². The van der Waals surface area contributed by atoms with Crippen molar-refractivity contribution < 1.29 is 9.13 Å². The average Bonchev–Trinajstić information content (AvgIpc) is 2.22. The van der Waals surface area contributed by atoms with Gasteiger partial charge in [0.2, 0.25) is 5.88 Å². The molecule has 0 atom stereocenters. The summed E-state index contributed by atoms with van der Waals surface area (Å²) in [4.78, 5) is 7.49. The third-order valence-corrected chi connectivity index (χ3v) is 2.42. The second kappa shape index (κ2) is 4.76. The maximum atomic E-state index is 13.4. The summed E-state index contributed by atoms with van der Waals surface area (Å²) in [5.41, 5.74) is 0. The molecule has 16 heavy (non-hydrogen) atoms. The lowest BCUT2D eigenvalue weighted by atomic mass is 10.3. The summed E-state index contributed by atoms with van der Waals surface area (Å²) in [6, 6.07) is 5.87. The van der Waals surface area contributed by atoms with E-state index >= 15 is 0 Å². The SMILES string of the molecule is Fc1cc(Br)ccc1Oc1cc(Cl)ncn1. The van der Waals surface area contributed by atoms with Crippen LogP contribution in [0, 0.1) is 5.82 Å². The summed E-state index contributed by atoms with van der Waals surface area (Å²) in [6.07, 6.45) is 1.24. The van der Waals surface area contributed by atoms with Crippen molar-refractivity contribution in [3.63, 3.8) is 0 Å². The van der Waals surface area contributed by atoms with Gasteiger partial charge in [-0.2, -0.15) is 0 Å². The molecular formula is C10H5BrClFN2O. The highest BCUT2D eigenvalue weighted by Gasteiger charge is 2.06. The Morgan fingerprint density at radius 2 is 2.06 bits per heavy atom. The lowest BCUT2D eigenvalue weighted by molar-refractivity contribution is 0.426. The fourth-order valence-electron chi connectivity index (χ4n) is 1.04. The molecule has 0 aliphatic heterocycles. The highest BCUT2D eigenvalue weighted by molar-refractivity contribution is 9.10. The van der Waals surface area contributed by atoms with Crippen LogP contribution in [0.15, 0.2) is 35.1 Å². The highest BCUT2D eigenvalue weighted by atomic mass is 79.9. The Hall–Kier alpha value is -1.20. The summed E-state index contributed by atoms with van der Waals surface area (Å²) >= 11 is 8.79. The Kier molecular flexibility index (Phi) is 3.36. The minimum Gasteiger partial charge on any atom is -0.436 e. The molecule has 82 valence electrons. The van der Waals surface area contributed by atoms with Gasteiger partial charge in [-0.05, 0) is 18.2 Å². The lowest BCUT2D eigenvalue weighted by Crippen LogP contribution is -1.91. The first-order valence-electron chi connectivity index (χ1n) is 4.25. The molecule has 0 fully saturated rings. The molecule has 6 heteroatoms. The normalized spacial score (nSPS) is 10.2. The Labute approximate surface area is 104 Å². The molecule has 0 aliphatic carbocycles. The Morgan fingerprint density at radius 3 is 2.75 bits per heavy atom. The number of halogens is 3. The number of aromatic nitrogens is 2. The van der Waals surface area contributed by atoms with E-state index in [2.05, 4.69) is 25.9 Å². The van der Waals surface area contributed by atoms with Gasteiger partial charge in [-0.25, -0.2) is 14.4 Å². The molecule has 2 rings (SSSR count). The van der Waals surface area contributed by atoms with E-state index in [1.165, 1.54) is 24.5 Å². The van der Waals surface area contributed by atoms with Crippen molar-refractivity contribution >= 4 is 27.5 Å². The zero-order valence-corrected chi connectivity index (χ0v) is 10.2. The van der Waals surface area contributed by atoms with E-state index in [1.54, 1.807) is 6.07 Å². The zero-order valence-electron chi connectivity index (χ0n) is 7.82. The predicted molar refractivity (Wildman–Crippen MR) is 61.2 cm³/mol. The van der Waals surface area contributed by atoms with Crippen molar-refractivity contribution in [1.29, 1.82) is 0 Å². The van der Waals surface area contributed by atoms with Crippen molar-refractivity contribution in [3.8, 4) is 11.6 Å². The summed E-state index contributed by atoms with van der Waals surface area (Å²) in [6.45, 7) is 0.